The van der Waals surface area contributed by atoms with Crippen molar-refractivity contribution in [3.63, 3.8) is 0 Å². The van der Waals surface area contributed by atoms with Crippen LogP contribution in [0.5, 0.6) is 0 Å². The Morgan fingerprint density at radius 3 is 2.76 bits per heavy atom. The van der Waals surface area contributed by atoms with Crippen molar-refractivity contribution in [1.29, 1.82) is 0 Å². The lowest BCUT2D eigenvalue weighted by Gasteiger charge is -2.03. The normalized spacial score (nSPS) is 11.3. The molecule has 0 radical (unpaired) electrons. The number of carbonyl (C=O) groups excluding carboxylic acids is 1. The first-order valence-electron chi connectivity index (χ1n) is 7.92. The van der Waals surface area contributed by atoms with Gasteiger partial charge in [0.1, 0.15) is 5.82 Å². The summed E-state index contributed by atoms with van der Waals surface area (Å²) in [7, 11) is 1.93. The van der Waals surface area contributed by atoms with Crippen molar-refractivity contribution in [3.8, 4) is 0 Å². The zero-order chi connectivity index (χ0) is 17.6. The van der Waals surface area contributed by atoms with Gasteiger partial charge in [-0.3, -0.25) is 4.79 Å². The Bertz CT molecular complexity index is 1110. The number of imidazole rings is 1. The van der Waals surface area contributed by atoms with Gasteiger partial charge in [-0.25, -0.2) is 14.5 Å². The molecule has 8 nitrogen and oxygen atoms in total. The van der Waals surface area contributed by atoms with Crippen LogP contribution >= 0.6 is 0 Å². The topological polar surface area (TPSA) is 90.0 Å². The van der Waals surface area contributed by atoms with Gasteiger partial charge in [-0.15, -0.1) is 5.10 Å². The molecule has 0 aliphatic carbocycles. The lowest BCUT2D eigenvalue weighted by Crippen LogP contribution is -2.25. The second kappa shape index (κ2) is 5.66. The van der Waals surface area contributed by atoms with Gasteiger partial charge >= 0.3 is 0 Å². The number of fused-ring (bicyclic) bond motifs is 2. The Kier molecular flexibility index (Phi) is 3.45. The first-order valence-corrected chi connectivity index (χ1v) is 7.92. The van der Waals surface area contributed by atoms with Gasteiger partial charge in [0, 0.05) is 18.4 Å². The summed E-state index contributed by atoms with van der Waals surface area (Å²) in [4.78, 5) is 25.4. The molecule has 0 saturated heterocycles. The van der Waals surface area contributed by atoms with Crippen LogP contribution in [0.1, 0.15) is 27.8 Å². The number of amides is 1. The number of hydrogen-bond donors (Lipinski definition) is 1. The average molecular weight is 335 g/mol. The number of nitrogens with zero attached hydrogens (tertiary/aromatic N) is 6. The van der Waals surface area contributed by atoms with E-state index in [9.17, 15) is 4.79 Å². The van der Waals surface area contributed by atoms with E-state index in [1.165, 1.54) is 0 Å². The van der Waals surface area contributed by atoms with E-state index in [1.54, 1.807) is 4.52 Å². The standard InChI is InChI=1S/C17H17N7O/c1-10-8-11(2)24-17(19-10)21-15(22-24)16(25)18-9-14-20-12-6-4-5-7-13(12)23(14)3/h4-8H,9H2,1-3H3,(H,18,25). The molecule has 0 unspecified atom stereocenters. The van der Waals surface area contributed by atoms with Gasteiger partial charge in [0.2, 0.25) is 5.82 Å². The van der Waals surface area contributed by atoms with E-state index in [2.05, 4.69) is 25.4 Å². The van der Waals surface area contributed by atoms with Crippen LogP contribution in [-0.2, 0) is 13.6 Å². The molecule has 0 fully saturated rings. The Morgan fingerprint density at radius 1 is 1.16 bits per heavy atom. The molecule has 4 aromatic rings. The molecule has 0 spiro atoms. The van der Waals surface area contributed by atoms with E-state index in [1.807, 2.05) is 55.8 Å². The highest BCUT2D eigenvalue weighted by Crippen LogP contribution is 2.14. The summed E-state index contributed by atoms with van der Waals surface area (Å²) in [6.45, 7) is 4.08. The molecule has 0 atom stereocenters. The average Bonchev–Trinajstić information content (AvgIpc) is 3.15. The maximum Gasteiger partial charge on any atom is 0.291 e. The summed E-state index contributed by atoms with van der Waals surface area (Å²) in [5.74, 6) is 0.934. The van der Waals surface area contributed by atoms with Crippen LogP contribution in [0, 0.1) is 13.8 Å². The van der Waals surface area contributed by atoms with E-state index in [0.29, 0.717) is 12.3 Å². The zero-order valence-corrected chi connectivity index (χ0v) is 14.2. The minimum absolute atomic E-state index is 0.0972. The fourth-order valence-corrected chi connectivity index (χ4v) is 2.85. The molecule has 1 N–H and O–H groups in total. The van der Waals surface area contributed by atoms with Crippen LogP contribution in [-0.4, -0.2) is 35.0 Å². The van der Waals surface area contributed by atoms with Gasteiger partial charge in [-0.1, -0.05) is 12.1 Å². The molecule has 1 aromatic carbocycles. The zero-order valence-electron chi connectivity index (χ0n) is 14.2. The maximum atomic E-state index is 12.4. The van der Waals surface area contributed by atoms with Crippen molar-refractivity contribution in [1.82, 2.24) is 34.4 Å². The van der Waals surface area contributed by atoms with Crippen molar-refractivity contribution < 1.29 is 4.79 Å². The van der Waals surface area contributed by atoms with Gasteiger partial charge in [-0.05, 0) is 32.0 Å². The molecule has 0 saturated carbocycles. The van der Waals surface area contributed by atoms with E-state index >= 15 is 0 Å². The summed E-state index contributed by atoms with van der Waals surface area (Å²) in [6.07, 6.45) is 0. The van der Waals surface area contributed by atoms with Crippen molar-refractivity contribution in [2.45, 2.75) is 20.4 Å². The fraction of sp³-hybridized carbons (Fsp3) is 0.235. The molecular weight excluding hydrogens is 318 g/mol. The minimum Gasteiger partial charge on any atom is -0.342 e. The second-order valence-corrected chi connectivity index (χ2v) is 5.94. The largest absolute Gasteiger partial charge is 0.342 e. The number of aromatic nitrogens is 6. The number of aryl methyl sites for hydroxylation is 3. The number of hydrogen-bond acceptors (Lipinski definition) is 5. The Morgan fingerprint density at radius 2 is 1.96 bits per heavy atom. The number of nitrogens with one attached hydrogen (secondary N) is 1. The second-order valence-electron chi connectivity index (χ2n) is 5.94. The molecule has 3 aromatic heterocycles. The number of carbonyl (C=O) groups is 1. The summed E-state index contributed by atoms with van der Waals surface area (Å²) in [5, 5.41) is 7.06. The summed E-state index contributed by atoms with van der Waals surface area (Å²) >= 11 is 0. The fourth-order valence-electron chi connectivity index (χ4n) is 2.85. The van der Waals surface area contributed by atoms with Crippen LogP contribution in [0.2, 0.25) is 0 Å². The molecule has 126 valence electrons. The van der Waals surface area contributed by atoms with Crippen LogP contribution in [0.4, 0.5) is 0 Å². The van der Waals surface area contributed by atoms with Crippen molar-refractivity contribution in [3.05, 3.63) is 53.4 Å². The first-order chi connectivity index (χ1) is 12.0. The third-order valence-electron chi connectivity index (χ3n) is 4.11. The van der Waals surface area contributed by atoms with Gasteiger partial charge in [0.25, 0.3) is 11.7 Å². The SMILES string of the molecule is Cc1cc(C)n2nc(C(=O)NCc3nc4ccccc4n3C)nc2n1. The van der Waals surface area contributed by atoms with Crippen LogP contribution in [0.3, 0.4) is 0 Å². The van der Waals surface area contributed by atoms with Gasteiger partial charge in [0.05, 0.1) is 17.6 Å². The highest BCUT2D eigenvalue weighted by Gasteiger charge is 2.16. The lowest BCUT2D eigenvalue weighted by molar-refractivity contribution is 0.0939. The molecule has 1 amide bonds. The third-order valence-corrected chi connectivity index (χ3v) is 4.11. The summed E-state index contributed by atoms with van der Waals surface area (Å²) in [5.41, 5.74) is 3.64. The van der Waals surface area contributed by atoms with Crippen molar-refractivity contribution >= 4 is 22.7 Å². The number of para-hydroxylation sites is 2. The first kappa shape index (κ1) is 15.3. The maximum absolute atomic E-state index is 12.4. The highest BCUT2D eigenvalue weighted by molar-refractivity contribution is 5.90. The molecule has 0 bridgehead atoms. The van der Waals surface area contributed by atoms with E-state index in [-0.39, 0.29) is 11.7 Å². The Labute approximate surface area is 143 Å². The predicted molar refractivity (Wildman–Crippen MR) is 92.1 cm³/mol. The smallest absolute Gasteiger partial charge is 0.291 e. The van der Waals surface area contributed by atoms with Crippen LogP contribution in [0.25, 0.3) is 16.8 Å². The van der Waals surface area contributed by atoms with E-state index in [0.717, 1.165) is 28.2 Å². The van der Waals surface area contributed by atoms with Gasteiger partial charge < -0.3 is 9.88 Å². The van der Waals surface area contributed by atoms with Crippen LogP contribution in [0.15, 0.2) is 30.3 Å². The predicted octanol–water partition coefficient (Wildman–Crippen LogP) is 1.56. The van der Waals surface area contributed by atoms with Crippen molar-refractivity contribution in [2.24, 2.45) is 7.05 Å². The van der Waals surface area contributed by atoms with E-state index < -0.39 is 0 Å². The molecule has 0 aliphatic heterocycles. The number of rotatable bonds is 3. The molecule has 3 heterocycles. The Hall–Kier alpha value is -3.29. The van der Waals surface area contributed by atoms with Crippen molar-refractivity contribution in [2.75, 3.05) is 0 Å². The minimum atomic E-state index is -0.352. The number of benzene rings is 1. The molecule has 25 heavy (non-hydrogen) atoms. The molecule has 0 aliphatic rings. The Balaban J connectivity index is 1.57. The molecular formula is C17H17N7O. The highest BCUT2D eigenvalue weighted by atomic mass is 16.2. The van der Waals surface area contributed by atoms with Crippen LogP contribution < -0.4 is 5.32 Å². The molecule has 8 heteroatoms. The van der Waals surface area contributed by atoms with Gasteiger partial charge in [-0.2, -0.15) is 4.98 Å². The lowest BCUT2D eigenvalue weighted by atomic mass is 10.3. The summed E-state index contributed by atoms with van der Waals surface area (Å²) < 4.78 is 3.53. The van der Waals surface area contributed by atoms with Gasteiger partial charge in [0.15, 0.2) is 0 Å². The summed E-state index contributed by atoms with van der Waals surface area (Å²) in [6, 6.07) is 9.73. The van der Waals surface area contributed by atoms with E-state index in [4.69, 9.17) is 0 Å². The molecule has 4 rings (SSSR count). The monoisotopic (exact) mass is 335 g/mol. The quantitative estimate of drug-likeness (QED) is 0.613. The third kappa shape index (κ3) is 2.61.